The molecule has 1 aromatic carbocycles. The highest BCUT2D eigenvalue weighted by Crippen LogP contribution is 2.30. The van der Waals surface area contributed by atoms with Gasteiger partial charge in [0.1, 0.15) is 5.69 Å². The average molecular weight is 338 g/mol. The molecule has 1 aliphatic heterocycles. The summed E-state index contributed by atoms with van der Waals surface area (Å²) in [5.41, 5.74) is -0.00717. The van der Waals surface area contributed by atoms with Crippen LogP contribution in [0.5, 0.6) is 0 Å². The number of benzene rings is 1. The Labute approximate surface area is 136 Å². The lowest BCUT2D eigenvalue weighted by Crippen LogP contribution is -2.37. The number of anilines is 1. The number of halogens is 3. The normalized spacial score (nSPS) is 18.4. The van der Waals surface area contributed by atoms with Gasteiger partial charge in [0.25, 0.3) is 0 Å². The number of aromatic nitrogens is 2. The van der Waals surface area contributed by atoms with Gasteiger partial charge in [-0.3, -0.25) is 4.79 Å². The maximum atomic E-state index is 12.9. The minimum Gasteiger partial charge on any atom is -0.326 e. The topological polar surface area (TPSA) is 59.0 Å². The van der Waals surface area contributed by atoms with Gasteiger partial charge in [-0.15, -0.1) is 0 Å². The summed E-state index contributed by atoms with van der Waals surface area (Å²) < 4.78 is 39.5. The SMILES string of the molecule is O=C(Nc1ccc(-n2nccc2C(F)(F)F)cc1)C1CCCNC1. The predicted molar refractivity (Wildman–Crippen MR) is 82.8 cm³/mol. The highest BCUT2D eigenvalue weighted by Gasteiger charge is 2.35. The molecule has 0 spiro atoms. The zero-order chi connectivity index (χ0) is 17.2. The van der Waals surface area contributed by atoms with Crippen molar-refractivity contribution in [2.24, 2.45) is 5.92 Å². The number of hydrogen-bond donors (Lipinski definition) is 2. The smallest absolute Gasteiger partial charge is 0.326 e. The van der Waals surface area contributed by atoms with Crippen LogP contribution in [0.2, 0.25) is 0 Å². The Morgan fingerprint density at radius 2 is 2.00 bits per heavy atom. The third kappa shape index (κ3) is 3.59. The molecule has 8 heteroatoms. The number of nitrogens with one attached hydrogen (secondary N) is 2. The average Bonchev–Trinajstić information content (AvgIpc) is 3.06. The van der Waals surface area contributed by atoms with E-state index in [0.29, 0.717) is 12.2 Å². The standard InChI is InChI=1S/C16H17F3N4O/c17-16(18,19)14-7-9-21-23(14)13-5-3-12(4-6-13)22-15(24)11-2-1-8-20-10-11/h3-7,9,11,20H,1-2,8,10H2,(H,22,24). The lowest BCUT2D eigenvalue weighted by molar-refractivity contribution is -0.142. The summed E-state index contributed by atoms with van der Waals surface area (Å²) in [6, 6.07) is 7.07. The van der Waals surface area contributed by atoms with Crippen molar-refractivity contribution in [1.82, 2.24) is 15.1 Å². The Morgan fingerprint density at radius 1 is 1.25 bits per heavy atom. The summed E-state index contributed by atoms with van der Waals surface area (Å²) in [6.45, 7) is 1.57. The fourth-order valence-electron chi connectivity index (χ4n) is 2.73. The van der Waals surface area contributed by atoms with Crippen molar-refractivity contribution >= 4 is 11.6 Å². The number of hydrogen-bond acceptors (Lipinski definition) is 3. The van der Waals surface area contributed by atoms with Gasteiger partial charge >= 0.3 is 6.18 Å². The van der Waals surface area contributed by atoms with Crippen LogP contribution in [0.15, 0.2) is 36.5 Å². The molecule has 0 saturated carbocycles. The molecule has 1 amide bonds. The summed E-state index contributed by atoms with van der Waals surface area (Å²) in [5, 5.41) is 9.69. The molecule has 1 aliphatic rings. The van der Waals surface area contributed by atoms with E-state index in [4.69, 9.17) is 0 Å². The second-order valence-electron chi connectivity index (χ2n) is 5.71. The first-order chi connectivity index (χ1) is 11.4. The lowest BCUT2D eigenvalue weighted by Gasteiger charge is -2.22. The molecule has 1 fully saturated rings. The highest BCUT2D eigenvalue weighted by molar-refractivity contribution is 5.92. The molecule has 0 bridgehead atoms. The van der Waals surface area contributed by atoms with Crippen molar-refractivity contribution in [2.75, 3.05) is 18.4 Å². The van der Waals surface area contributed by atoms with E-state index in [-0.39, 0.29) is 17.5 Å². The quantitative estimate of drug-likeness (QED) is 0.905. The van der Waals surface area contributed by atoms with E-state index in [2.05, 4.69) is 15.7 Å². The maximum absolute atomic E-state index is 12.9. The molecule has 2 heterocycles. The van der Waals surface area contributed by atoms with Crippen molar-refractivity contribution in [3.8, 4) is 5.69 Å². The molecule has 0 radical (unpaired) electrons. The van der Waals surface area contributed by atoms with Crippen LogP contribution >= 0.6 is 0 Å². The Hall–Kier alpha value is -2.35. The van der Waals surface area contributed by atoms with Crippen LogP contribution in [0.3, 0.4) is 0 Å². The molecular formula is C16H17F3N4O. The second-order valence-corrected chi connectivity index (χ2v) is 5.71. The van der Waals surface area contributed by atoms with E-state index in [9.17, 15) is 18.0 Å². The Bertz CT molecular complexity index is 703. The molecule has 2 N–H and O–H groups in total. The van der Waals surface area contributed by atoms with Gasteiger partial charge in [-0.05, 0) is 49.7 Å². The molecule has 1 aromatic heterocycles. The third-order valence-corrected chi connectivity index (χ3v) is 3.98. The van der Waals surface area contributed by atoms with Crippen LogP contribution < -0.4 is 10.6 Å². The monoisotopic (exact) mass is 338 g/mol. The summed E-state index contributed by atoms with van der Waals surface area (Å²) in [6.07, 6.45) is -1.58. The van der Waals surface area contributed by atoms with Crippen LogP contribution in [0.4, 0.5) is 18.9 Å². The molecule has 1 unspecified atom stereocenters. The number of alkyl halides is 3. The minimum absolute atomic E-state index is 0.0787. The van der Waals surface area contributed by atoms with E-state index in [1.54, 1.807) is 12.1 Å². The molecule has 3 rings (SSSR count). The van der Waals surface area contributed by atoms with Crippen LogP contribution in [-0.2, 0) is 11.0 Å². The minimum atomic E-state index is -4.47. The van der Waals surface area contributed by atoms with Crippen molar-refractivity contribution in [2.45, 2.75) is 19.0 Å². The number of piperidine rings is 1. The van der Waals surface area contributed by atoms with Crippen LogP contribution in [0, 0.1) is 5.92 Å². The first-order valence-electron chi connectivity index (χ1n) is 7.68. The number of amides is 1. The van der Waals surface area contributed by atoms with Gasteiger partial charge in [-0.25, -0.2) is 4.68 Å². The van der Waals surface area contributed by atoms with Crippen LogP contribution in [0.1, 0.15) is 18.5 Å². The van der Waals surface area contributed by atoms with Crippen molar-refractivity contribution in [3.63, 3.8) is 0 Å². The number of carbonyl (C=O) groups excluding carboxylic acids is 1. The first kappa shape index (κ1) is 16.5. The van der Waals surface area contributed by atoms with E-state index < -0.39 is 11.9 Å². The molecule has 1 atom stereocenters. The molecular weight excluding hydrogens is 321 g/mol. The second kappa shape index (κ2) is 6.64. The number of carbonyl (C=O) groups is 1. The van der Waals surface area contributed by atoms with Gasteiger partial charge in [0.2, 0.25) is 5.91 Å². The third-order valence-electron chi connectivity index (χ3n) is 3.98. The largest absolute Gasteiger partial charge is 0.433 e. The molecule has 1 saturated heterocycles. The Morgan fingerprint density at radius 3 is 2.62 bits per heavy atom. The highest BCUT2D eigenvalue weighted by atomic mass is 19.4. The predicted octanol–water partition coefficient (Wildman–Crippen LogP) is 2.83. The van der Waals surface area contributed by atoms with E-state index in [1.807, 2.05) is 0 Å². The van der Waals surface area contributed by atoms with Gasteiger partial charge in [0.15, 0.2) is 0 Å². The Kier molecular flexibility index (Phi) is 4.57. The zero-order valence-corrected chi connectivity index (χ0v) is 12.8. The summed E-state index contributed by atoms with van der Waals surface area (Å²) >= 11 is 0. The molecule has 24 heavy (non-hydrogen) atoms. The van der Waals surface area contributed by atoms with Crippen molar-refractivity contribution in [1.29, 1.82) is 0 Å². The fourth-order valence-corrected chi connectivity index (χ4v) is 2.73. The van der Waals surface area contributed by atoms with Crippen molar-refractivity contribution < 1.29 is 18.0 Å². The van der Waals surface area contributed by atoms with Crippen molar-refractivity contribution in [3.05, 3.63) is 42.2 Å². The number of nitrogens with zero attached hydrogens (tertiary/aromatic N) is 2. The maximum Gasteiger partial charge on any atom is 0.433 e. The van der Waals surface area contributed by atoms with E-state index in [1.165, 1.54) is 12.1 Å². The van der Waals surface area contributed by atoms with Gasteiger partial charge in [-0.2, -0.15) is 18.3 Å². The Balaban J connectivity index is 1.72. The summed E-state index contributed by atoms with van der Waals surface area (Å²) in [7, 11) is 0. The van der Waals surface area contributed by atoms with E-state index in [0.717, 1.165) is 36.3 Å². The molecule has 5 nitrogen and oxygen atoms in total. The summed E-state index contributed by atoms with van der Waals surface area (Å²) in [5.74, 6) is -0.161. The van der Waals surface area contributed by atoms with Crippen LogP contribution in [-0.4, -0.2) is 28.8 Å². The summed E-state index contributed by atoms with van der Waals surface area (Å²) in [4.78, 5) is 12.1. The van der Waals surface area contributed by atoms with Gasteiger partial charge < -0.3 is 10.6 Å². The van der Waals surface area contributed by atoms with Crippen LogP contribution in [0.25, 0.3) is 5.69 Å². The van der Waals surface area contributed by atoms with Gasteiger partial charge in [0.05, 0.1) is 17.8 Å². The van der Waals surface area contributed by atoms with Gasteiger partial charge in [-0.1, -0.05) is 0 Å². The molecule has 128 valence electrons. The fraction of sp³-hybridized carbons (Fsp3) is 0.375. The zero-order valence-electron chi connectivity index (χ0n) is 12.8. The molecule has 0 aliphatic carbocycles. The molecule has 2 aromatic rings. The van der Waals surface area contributed by atoms with Gasteiger partial charge in [0, 0.05) is 12.2 Å². The number of rotatable bonds is 3. The lowest BCUT2D eigenvalue weighted by atomic mass is 9.99. The first-order valence-corrected chi connectivity index (χ1v) is 7.68. The van der Waals surface area contributed by atoms with E-state index >= 15 is 0 Å².